The molecule has 1 aromatic heterocycles. The number of carbonyl (C=O) groups is 1. The molecule has 0 saturated carbocycles. The molecule has 2 aromatic rings. The van der Waals surface area contributed by atoms with Crippen LogP contribution in [-0.4, -0.2) is 16.2 Å². The highest BCUT2D eigenvalue weighted by atomic mass is 16.5. The minimum atomic E-state index is -0.752. The van der Waals surface area contributed by atoms with Crippen LogP contribution in [0.25, 0.3) is 5.76 Å². The summed E-state index contributed by atoms with van der Waals surface area (Å²) in [6.45, 7) is 3.80. The second-order valence-electron chi connectivity index (χ2n) is 5.09. The molecule has 1 unspecified atom stereocenters. The van der Waals surface area contributed by atoms with Crippen molar-refractivity contribution in [3.05, 3.63) is 58.5 Å². The maximum absolute atomic E-state index is 12.5. The molecular weight excluding hydrogens is 282 g/mol. The van der Waals surface area contributed by atoms with E-state index in [0.29, 0.717) is 35.6 Å². The Kier molecular flexibility index (Phi) is 3.81. The van der Waals surface area contributed by atoms with Crippen LogP contribution < -0.4 is 0 Å². The van der Waals surface area contributed by atoms with Gasteiger partial charge in [-0.25, -0.2) is 4.79 Å². The van der Waals surface area contributed by atoms with E-state index in [1.807, 2.05) is 38.1 Å². The Morgan fingerprint density at radius 2 is 2.09 bits per heavy atom. The molecular formula is C17H17NO4. The molecule has 5 nitrogen and oxygen atoms in total. The lowest BCUT2D eigenvalue weighted by Gasteiger charge is -2.07. The van der Waals surface area contributed by atoms with Gasteiger partial charge in [-0.15, -0.1) is 0 Å². The van der Waals surface area contributed by atoms with E-state index in [0.717, 1.165) is 11.1 Å². The summed E-state index contributed by atoms with van der Waals surface area (Å²) in [5.74, 6) is 0.401. The van der Waals surface area contributed by atoms with Crippen molar-refractivity contribution in [1.82, 2.24) is 5.16 Å². The summed E-state index contributed by atoms with van der Waals surface area (Å²) < 4.78 is 10.7. The Hall–Kier alpha value is -2.40. The van der Waals surface area contributed by atoms with Gasteiger partial charge < -0.3 is 14.4 Å². The first kappa shape index (κ1) is 14.5. The van der Waals surface area contributed by atoms with Crippen LogP contribution in [0.4, 0.5) is 0 Å². The fourth-order valence-electron chi connectivity index (χ4n) is 2.62. The number of aliphatic hydroxyl groups is 1. The lowest BCUT2D eigenvalue weighted by Crippen LogP contribution is -2.08. The van der Waals surface area contributed by atoms with Gasteiger partial charge in [0.25, 0.3) is 0 Å². The zero-order valence-corrected chi connectivity index (χ0v) is 12.5. The summed E-state index contributed by atoms with van der Waals surface area (Å²) in [6.07, 6.45) is 1.94. The van der Waals surface area contributed by atoms with E-state index in [9.17, 15) is 9.90 Å². The van der Waals surface area contributed by atoms with E-state index < -0.39 is 12.1 Å². The highest BCUT2D eigenvalue weighted by Crippen LogP contribution is 2.35. The van der Waals surface area contributed by atoms with E-state index in [1.54, 1.807) is 0 Å². The first-order valence-electron chi connectivity index (χ1n) is 7.34. The van der Waals surface area contributed by atoms with Crippen molar-refractivity contribution in [1.29, 1.82) is 0 Å². The zero-order chi connectivity index (χ0) is 15.7. The molecule has 1 aliphatic rings. The smallest absolute Gasteiger partial charge is 0.349 e. The number of aliphatic hydroxyl groups excluding tert-OH is 1. The lowest BCUT2D eigenvalue weighted by molar-refractivity contribution is 0.0688. The molecule has 0 amide bonds. The van der Waals surface area contributed by atoms with Gasteiger partial charge in [0, 0.05) is 12.0 Å². The van der Waals surface area contributed by atoms with Crippen molar-refractivity contribution in [2.75, 3.05) is 0 Å². The monoisotopic (exact) mass is 299 g/mol. The largest absolute Gasteiger partial charge is 0.422 e. The quantitative estimate of drug-likeness (QED) is 0.878. The molecule has 0 bridgehead atoms. The van der Waals surface area contributed by atoms with Crippen LogP contribution in [0.2, 0.25) is 0 Å². The highest BCUT2D eigenvalue weighted by molar-refractivity contribution is 5.95. The number of carbonyl (C=O) groups excluding carboxylic acids is 1. The van der Waals surface area contributed by atoms with E-state index >= 15 is 0 Å². The molecule has 22 heavy (non-hydrogen) atoms. The van der Waals surface area contributed by atoms with Gasteiger partial charge in [-0.2, -0.15) is 0 Å². The van der Waals surface area contributed by atoms with Crippen LogP contribution in [0, 0.1) is 0 Å². The number of hydrogen-bond donors (Lipinski definition) is 1. The standard InChI is InChI=1S/C17H17NO4/c1-3-12-16(14(4-2)22-18-12)17(20)21-15-9-13(19)10-7-5-6-8-11(10)15/h5-9,13,19H,3-4H2,1-2H3. The summed E-state index contributed by atoms with van der Waals surface area (Å²) >= 11 is 0. The molecule has 0 fully saturated rings. The van der Waals surface area contributed by atoms with Crippen molar-refractivity contribution in [3.63, 3.8) is 0 Å². The van der Waals surface area contributed by atoms with Gasteiger partial charge in [0.1, 0.15) is 17.4 Å². The third-order valence-electron chi connectivity index (χ3n) is 3.75. The average Bonchev–Trinajstić information content (AvgIpc) is 3.09. The first-order valence-corrected chi connectivity index (χ1v) is 7.34. The second kappa shape index (κ2) is 5.77. The maximum atomic E-state index is 12.5. The van der Waals surface area contributed by atoms with Gasteiger partial charge in [0.15, 0.2) is 5.76 Å². The van der Waals surface area contributed by atoms with E-state index in [2.05, 4.69) is 5.16 Å². The van der Waals surface area contributed by atoms with Gasteiger partial charge in [0.05, 0.1) is 5.69 Å². The molecule has 0 spiro atoms. The number of rotatable bonds is 4. The van der Waals surface area contributed by atoms with Gasteiger partial charge in [-0.3, -0.25) is 0 Å². The second-order valence-corrected chi connectivity index (χ2v) is 5.09. The summed E-state index contributed by atoms with van der Waals surface area (Å²) in [7, 11) is 0. The molecule has 0 aliphatic heterocycles. The molecule has 5 heteroatoms. The van der Waals surface area contributed by atoms with Crippen molar-refractivity contribution in [2.45, 2.75) is 32.8 Å². The molecule has 3 rings (SSSR count). The number of esters is 1. The predicted octanol–water partition coefficient (Wildman–Crippen LogP) is 3.04. The summed E-state index contributed by atoms with van der Waals surface area (Å²) in [5.41, 5.74) is 2.46. The Morgan fingerprint density at radius 1 is 1.32 bits per heavy atom. The van der Waals surface area contributed by atoms with Crippen LogP contribution in [0.5, 0.6) is 0 Å². The Labute approximate surface area is 128 Å². The summed E-state index contributed by atoms with van der Waals surface area (Å²) in [5, 5.41) is 13.9. The number of fused-ring (bicyclic) bond motifs is 1. The van der Waals surface area contributed by atoms with Gasteiger partial charge in [0.2, 0.25) is 0 Å². The minimum absolute atomic E-state index is 0.374. The molecule has 114 valence electrons. The molecule has 1 heterocycles. The predicted molar refractivity (Wildman–Crippen MR) is 80.1 cm³/mol. The normalized spacial score (nSPS) is 16.3. The van der Waals surface area contributed by atoms with Crippen molar-refractivity contribution in [2.24, 2.45) is 0 Å². The number of benzene rings is 1. The molecule has 0 saturated heterocycles. The van der Waals surface area contributed by atoms with Crippen molar-refractivity contribution < 1.29 is 19.2 Å². The third-order valence-corrected chi connectivity index (χ3v) is 3.75. The van der Waals surface area contributed by atoms with Crippen LogP contribution >= 0.6 is 0 Å². The van der Waals surface area contributed by atoms with Gasteiger partial charge in [-0.05, 0) is 18.1 Å². The lowest BCUT2D eigenvalue weighted by atomic mass is 10.1. The van der Waals surface area contributed by atoms with Gasteiger partial charge in [-0.1, -0.05) is 43.3 Å². The fraction of sp³-hybridized carbons (Fsp3) is 0.294. The summed E-state index contributed by atoms with van der Waals surface area (Å²) in [6, 6.07) is 7.31. The van der Waals surface area contributed by atoms with Crippen LogP contribution in [0.1, 0.15) is 52.9 Å². The SMILES string of the molecule is CCc1noc(CC)c1C(=O)OC1=CC(O)c2ccccc21. The number of nitrogens with zero attached hydrogens (tertiary/aromatic N) is 1. The summed E-state index contributed by atoms with van der Waals surface area (Å²) in [4.78, 5) is 12.5. The fourth-order valence-corrected chi connectivity index (χ4v) is 2.62. The third kappa shape index (κ3) is 2.33. The Balaban J connectivity index is 1.90. The molecule has 1 atom stereocenters. The van der Waals surface area contributed by atoms with Crippen molar-refractivity contribution in [3.8, 4) is 0 Å². The first-order chi connectivity index (χ1) is 10.7. The van der Waals surface area contributed by atoms with Crippen LogP contribution in [-0.2, 0) is 17.6 Å². The average molecular weight is 299 g/mol. The van der Waals surface area contributed by atoms with Gasteiger partial charge >= 0.3 is 5.97 Å². The Morgan fingerprint density at radius 3 is 2.82 bits per heavy atom. The van der Waals surface area contributed by atoms with Crippen molar-refractivity contribution >= 4 is 11.7 Å². The number of aromatic nitrogens is 1. The van der Waals surface area contributed by atoms with Crippen LogP contribution in [0.3, 0.4) is 0 Å². The molecule has 1 aromatic carbocycles. The van der Waals surface area contributed by atoms with E-state index in [-0.39, 0.29) is 0 Å². The van der Waals surface area contributed by atoms with E-state index in [1.165, 1.54) is 6.08 Å². The molecule has 1 aliphatic carbocycles. The van der Waals surface area contributed by atoms with E-state index in [4.69, 9.17) is 9.26 Å². The van der Waals surface area contributed by atoms with Crippen LogP contribution in [0.15, 0.2) is 34.9 Å². The Bertz CT molecular complexity index is 723. The minimum Gasteiger partial charge on any atom is -0.422 e. The molecule has 1 N–H and O–H groups in total. The molecule has 0 radical (unpaired) electrons. The topological polar surface area (TPSA) is 72.6 Å². The number of aryl methyl sites for hydroxylation is 2. The highest BCUT2D eigenvalue weighted by Gasteiger charge is 2.28. The number of ether oxygens (including phenoxy) is 1. The number of hydrogen-bond acceptors (Lipinski definition) is 5. The zero-order valence-electron chi connectivity index (χ0n) is 12.5. The maximum Gasteiger partial charge on any atom is 0.349 e.